The Labute approximate surface area is 153 Å². The Morgan fingerprint density at radius 2 is 1.92 bits per heavy atom. The molecule has 0 fully saturated rings. The average molecular weight is 381 g/mol. The second-order valence-electron chi connectivity index (χ2n) is 5.65. The average Bonchev–Trinajstić information content (AvgIpc) is 2.92. The van der Waals surface area contributed by atoms with E-state index in [0.717, 1.165) is 0 Å². The quantitative estimate of drug-likeness (QED) is 0.751. The molecule has 0 aliphatic carbocycles. The molecule has 2 aromatic rings. The van der Waals surface area contributed by atoms with E-state index in [1.807, 2.05) is 6.92 Å². The van der Waals surface area contributed by atoms with Crippen molar-refractivity contribution >= 4 is 21.6 Å². The van der Waals surface area contributed by atoms with Crippen molar-refractivity contribution in [1.82, 2.24) is 9.88 Å². The lowest BCUT2D eigenvalue weighted by Crippen LogP contribution is -2.37. The van der Waals surface area contributed by atoms with E-state index < -0.39 is 10.0 Å². The molecule has 142 valence electrons. The minimum absolute atomic E-state index is 0.0351. The number of ether oxygens (including phenoxy) is 1. The van der Waals surface area contributed by atoms with E-state index in [4.69, 9.17) is 9.26 Å². The summed E-state index contributed by atoms with van der Waals surface area (Å²) in [6.07, 6.45) is 0. The molecule has 0 saturated heterocycles. The van der Waals surface area contributed by atoms with E-state index in [0.29, 0.717) is 23.7 Å². The van der Waals surface area contributed by atoms with Crippen LogP contribution in [-0.4, -0.2) is 39.2 Å². The summed E-state index contributed by atoms with van der Waals surface area (Å²) in [6.45, 7) is 7.22. The van der Waals surface area contributed by atoms with Gasteiger partial charge in [0.2, 0.25) is 15.9 Å². The van der Waals surface area contributed by atoms with Crippen LogP contribution in [0.25, 0.3) is 0 Å². The van der Waals surface area contributed by atoms with Crippen molar-refractivity contribution in [3.8, 4) is 5.75 Å². The Hall–Kier alpha value is -2.39. The second kappa shape index (κ2) is 8.33. The standard InChI is InChI=1S/C17H23N3O5S/c1-5-24-16-8-6-15(7-9-16)20(14(4)21)11-10-18-26(22,23)17-12(2)19-25-13(17)3/h6-9,18H,5,10-11H2,1-4H3. The molecule has 1 heterocycles. The van der Waals surface area contributed by atoms with Crippen LogP contribution in [0.3, 0.4) is 0 Å². The first kappa shape index (κ1) is 19.9. The summed E-state index contributed by atoms with van der Waals surface area (Å²) in [5.41, 5.74) is 0.961. The number of nitrogens with one attached hydrogen (secondary N) is 1. The largest absolute Gasteiger partial charge is 0.494 e. The van der Waals surface area contributed by atoms with E-state index in [1.165, 1.54) is 18.7 Å². The maximum Gasteiger partial charge on any atom is 0.246 e. The first-order valence-corrected chi connectivity index (χ1v) is 9.68. The lowest BCUT2D eigenvalue weighted by atomic mass is 10.2. The van der Waals surface area contributed by atoms with Crippen LogP contribution in [0.15, 0.2) is 33.7 Å². The lowest BCUT2D eigenvalue weighted by Gasteiger charge is -2.21. The molecule has 0 radical (unpaired) electrons. The van der Waals surface area contributed by atoms with Gasteiger partial charge in [-0.2, -0.15) is 0 Å². The van der Waals surface area contributed by atoms with Crippen LogP contribution in [0, 0.1) is 13.8 Å². The summed E-state index contributed by atoms with van der Waals surface area (Å²) in [4.78, 5) is 13.5. The highest BCUT2D eigenvalue weighted by Crippen LogP contribution is 2.20. The van der Waals surface area contributed by atoms with Gasteiger partial charge < -0.3 is 14.2 Å². The number of anilines is 1. The van der Waals surface area contributed by atoms with E-state index in [-0.39, 0.29) is 29.7 Å². The zero-order valence-electron chi connectivity index (χ0n) is 15.3. The lowest BCUT2D eigenvalue weighted by molar-refractivity contribution is -0.116. The summed E-state index contributed by atoms with van der Waals surface area (Å²) in [6, 6.07) is 7.05. The number of rotatable bonds is 8. The van der Waals surface area contributed by atoms with Gasteiger partial charge in [0.1, 0.15) is 16.3 Å². The van der Waals surface area contributed by atoms with Crippen molar-refractivity contribution in [2.45, 2.75) is 32.6 Å². The topological polar surface area (TPSA) is 102 Å². The number of benzene rings is 1. The molecule has 1 amide bonds. The van der Waals surface area contributed by atoms with Crippen molar-refractivity contribution in [2.75, 3.05) is 24.6 Å². The van der Waals surface area contributed by atoms with Crippen molar-refractivity contribution in [3.05, 3.63) is 35.7 Å². The molecule has 0 saturated carbocycles. The third-order valence-corrected chi connectivity index (χ3v) is 5.41. The van der Waals surface area contributed by atoms with Crippen LogP contribution < -0.4 is 14.4 Å². The highest BCUT2D eigenvalue weighted by molar-refractivity contribution is 7.89. The van der Waals surface area contributed by atoms with Crippen molar-refractivity contribution < 1.29 is 22.5 Å². The predicted octanol–water partition coefficient (Wildman–Crippen LogP) is 2.02. The molecular formula is C17H23N3O5S. The number of sulfonamides is 1. The van der Waals surface area contributed by atoms with Gasteiger partial charge >= 0.3 is 0 Å². The number of aryl methyl sites for hydroxylation is 2. The Kier molecular flexibility index (Phi) is 6.38. The van der Waals surface area contributed by atoms with Gasteiger partial charge in [-0.25, -0.2) is 13.1 Å². The van der Waals surface area contributed by atoms with Crippen LogP contribution in [-0.2, 0) is 14.8 Å². The molecule has 0 atom stereocenters. The minimum Gasteiger partial charge on any atom is -0.494 e. The Balaban J connectivity index is 2.06. The maximum atomic E-state index is 12.4. The smallest absolute Gasteiger partial charge is 0.246 e. The minimum atomic E-state index is -3.76. The molecule has 26 heavy (non-hydrogen) atoms. The predicted molar refractivity (Wildman–Crippen MR) is 96.8 cm³/mol. The first-order valence-electron chi connectivity index (χ1n) is 8.19. The monoisotopic (exact) mass is 381 g/mol. The number of carbonyl (C=O) groups is 1. The summed E-state index contributed by atoms with van der Waals surface area (Å²) >= 11 is 0. The second-order valence-corrected chi connectivity index (χ2v) is 7.35. The first-order chi connectivity index (χ1) is 12.3. The van der Waals surface area contributed by atoms with Gasteiger partial charge in [-0.1, -0.05) is 5.16 Å². The number of carbonyl (C=O) groups excluding carboxylic acids is 1. The molecule has 0 spiro atoms. The Morgan fingerprint density at radius 3 is 2.42 bits per heavy atom. The fraction of sp³-hybridized carbons (Fsp3) is 0.412. The van der Waals surface area contributed by atoms with E-state index in [2.05, 4.69) is 9.88 Å². The number of aromatic nitrogens is 1. The molecule has 1 aromatic heterocycles. The molecule has 1 N–H and O–H groups in total. The highest BCUT2D eigenvalue weighted by atomic mass is 32.2. The van der Waals surface area contributed by atoms with Crippen molar-refractivity contribution in [1.29, 1.82) is 0 Å². The third kappa shape index (κ3) is 4.61. The molecule has 0 aliphatic heterocycles. The molecule has 8 nitrogen and oxygen atoms in total. The summed E-state index contributed by atoms with van der Waals surface area (Å²) in [7, 11) is -3.76. The van der Waals surface area contributed by atoms with Gasteiger partial charge in [-0.05, 0) is 45.0 Å². The zero-order valence-corrected chi connectivity index (χ0v) is 16.1. The maximum absolute atomic E-state index is 12.4. The molecule has 0 aliphatic rings. The van der Waals surface area contributed by atoms with Crippen LogP contribution in [0.2, 0.25) is 0 Å². The van der Waals surface area contributed by atoms with E-state index in [1.54, 1.807) is 31.2 Å². The number of amides is 1. The summed E-state index contributed by atoms with van der Waals surface area (Å²) in [5, 5.41) is 3.65. The SMILES string of the molecule is CCOc1ccc(N(CCNS(=O)(=O)c2c(C)noc2C)C(C)=O)cc1. The van der Waals surface area contributed by atoms with Gasteiger partial charge in [0.25, 0.3) is 0 Å². The molecule has 2 rings (SSSR count). The van der Waals surface area contributed by atoms with Gasteiger partial charge in [0.05, 0.1) is 6.61 Å². The van der Waals surface area contributed by atoms with E-state index >= 15 is 0 Å². The Bertz CT molecular complexity index is 840. The van der Waals surface area contributed by atoms with Gasteiger partial charge in [0.15, 0.2) is 5.76 Å². The van der Waals surface area contributed by atoms with Crippen LogP contribution in [0.5, 0.6) is 5.75 Å². The van der Waals surface area contributed by atoms with Crippen LogP contribution >= 0.6 is 0 Å². The third-order valence-electron chi connectivity index (χ3n) is 3.70. The normalized spacial score (nSPS) is 11.4. The fourth-order valence-corrected chi connectivity index (χ4v) is 3.93. The van der Waals surface area contributed by atoms with Gasteiger partial charge in [-0.15, -0.1) is 0 Å². The highest BCUT2D eigenvalue weighted by Gasteiger charge is 2.24. The molecule has 0 unspecified atom stereocenters. The fourth-order valence-electron chi connectivity index (χ4n) is 2.58. The Morgan fingerprint density at radius 1 is 1.27 bits per heavy atom. The molecule has 1 aromatic carbocycles. The zero-order chi connectivity index (χ0) is 19.3. The number of nitrogens with zero attached hydrogens (tertiary/aromatic N) is 2. The molecule has 0 bridgehead atoms. The van der Waals surface area contributed by atoms with E-state index in [9.17, 15) is 13.2 Å². The van der Waals surface area contributed by atoms with Crippen molar-refractivity contribution in [3.63, 3.8) is 0 Å². The summed E-state index contributed by atoms with van der Waals surface area (Å²) in [5.74, 6) is 0.745. The van der Waals surface area contributed by atoms with Crippen LogP contribution in [0.1, 0.15) is 25.3 Å². The molecular weight excluding hydrogens is 358 g/mol. The van der Waals surface area contributed by atoms with Gasteiger partial charge in [-0.3, -0.25) is 4.79 Å². The van der Waals surface area contributed by atoms with Gasteiger partial charge in [0, 0.05) is 25.7 Å². The summed E-state index contributed by atoms with van der Waals surface area (Å²) < 4.78 is 37.6. The number of hydrogen-bond acceptors (Lipinski definition) is 6. The van der Waals surface area contributed by atoms with Crippen LogP contribution in [0.4, 0.5) is 5.69 Å². The molecule has 9 heteroatoms. The van der Waals surface area contributed by atoms with Crippen molar-refractivity contribution in [2.24, 2.45) is 0 Å². The number of hydrogen-bond donors (Lipinski definition) is 1.